The fraction of sp³-hybridized carbons (Fsp3) is 0.800. The summed E-state index contributed by atoms with van der Waals surface area (Å²) >= 11 is 5.81. The van der Waals surface area contributed by atoms with Crippen molar-refractivity contribution in [2.75, 3.05) is 6.54 Å². The summed E-state index contributed by atoms with van der Waals surface area (Å²) in [5.41, 5.74) is 0. The Morgan fingerprint density at radius 1 is 1.53 bits per heavy atom. The number of alkyl halides is 1. The van der Waals surface area contributed by atoms with Gasteiger partial charge in [0.25, 0.3) is 0 Å². The number of carbonyl (C=O) groups excluding carboxylic acids is 2. The molecule has 0 saturated carbocycles. The van der Waals surface area contributed by atoms with Gasteiger partial charge in [0.05, 0.1) is 0 Å². The van der Waals surface area contributed by atoms with E-state index in [9.17, 15) is 9.59 Å². The number of hydrogen-bond acceptors (Lipinski definition) is 2. The van der Waals surface area contributed by atoms with Crippen LogP contribution in [0.25, 0.3) is 0 Å². The van der Waals surface area contributed by atoms with Crippen molar-refractivity contribution in [3.05, 3.63) is 0 Å². The molecule has 2 aliphatic rings. The number of carbonyl (C=O) groups is 2. The second-order valence-electron chi connectivity index (χ2n) is 4.25. The molecule has 2 aliphatic heterocycles. The third kappa shape index (κ3) is 1.95. The van der Waals surface area contributed by atoms with E-state index in [0.29, 0.717) is 13.0 Å². The van der Waals surface area contributed by atoms with Gasteiger partial charge in [-0.1, -0.05) is 0 Å². The molecule has 3 atom stereocenters. The summed E-state index contributed by atoms with van der Waals surface area (Å²) in [5.74, 6) is 0.00268. The minimum Gasteiger partial charge on any atom is -0.354 e. The first-order valence-corrected chi connectivity index (χ1v) is 5.76. The van der Waals surface area contributed by atoms with Crippen LogP contribution in [-0.4, -0.2) is 40.7 Å². The van der Waals surface area contributed by atoms with Gasteiger partial charge in [0, 0.05) is 25.0 Å². The largest absolute Gasteiger partial charge is 0.354 e. The first kappa shape index (κ1) is 10.7. The Balaban J connectivity index is 2.17. The molecule has 3 unspecified atom stereocenters. The molecule has 0 radical (unpaired) electrons. The van der Waals surface area contributed by atoms with Crippen molar-refractivity contribution in [3.63, 3.8) is 0 Å². The van der Waals surface area contributed by atoms with Crippen molar-refractivity contribution in [1.29, 1.82) is 0 Å². The molecule has 2 saturated heterocycles. The standard InChI is InChI=1S/C10H15ClN2O2/c1-6(11)10(15)13-7-2-3-8(13)5-12-9(14)4-7/h6-8H,2-5H2,1H3,(H,12,14). The van der Waals surface area contributed by atoms with Gasteiger partial charge in [-0.3, -0.25) is 9.59 Å². The predicted octanol–water partition coefficient (Wildman–Crippen LogP) is 0.493. The molecule has 84 valence electrons. The topological polar surface area (TPSA) is 49.4 Å². The average Bonchev–Trinajstić information content (AvgIpc) is 2.47. The number of hydrogen-bond donors (Lipinski definition) is 1. The summed E-state index contributed by atoms with van der Waals surface area (Å²) < 4.78 is 0. The predicted molar refractivity (Wildman–Crippen MR) is 56.6 cm³/mol. The molecular formula is C10H15ClN2O2. The van der Waals surface area contributed by atoms with Gasteiger partial charge in [-0.2, -0.15) is 0 Å². The van der Waals surface area contributed by atoms with Crippen LogP contribution in [-0.2, 0) is 9.59 Å². The summed E-state index contributed by atoms with van der Waals surface area (Å²) in [6, 6.07) is 0.210. The van der Waals surface area contributed by atoms with E-state index in [1.807, 2.05) is 4.90 Å². The van der Waals surface area contributed by atoms with Crippen LogP contribution in [0.1, 0.15) is 26.2 Å². The molecule has 0 aromatic carbocycles. The molecule has 0 aromatic rings. The minimum atomic E-state index is -0.499. The van der Waals surface area contributed by atoms with Gasteiger partial charge < -0.3 is 10.2 Å². The lowest BCUT2D eigenvalue weighted by Crippen LogP contribution is -2.45. The maximum absolute atomic E-state index is 11.9. The van der Waals surface area contributed by atoms with Gasteiger partial charge in [-0.25, -0.2) is 0 Å². The van der Waals surface area contributed by atoms with Crippen LogP contribution in [0.2, 0.25) is 0 Å². The molecule has 2 heterocycles. The van der Waals surface area contributed by atoms with Crippen LogP contribution in [0, 0.1) is 0 Å². The first-order valence-electron chi connectivity index (χ1n) is 5.32. The van der Waals surface area contributed by atoms with E-state index in [1.165, 1.54) is 0 Å². The fourth-order valence-electron chi connectivity index (χ4n) is 2.45. The highest BCUT2D eigenvalue weighted by atomic mass is 35.5. The summed E-state index contributed by atoms with van der Waals surface area (Å²) in [5, 5.41) is 2.33. The number of halogens is 1. The molecule has 2 rings (SSSR count). The normalized spacial score (nSPS) is 32.1. The lowest BCUT2D eigenvalue weighted by Gasteiger charge is -2.28. The molecule has 0 spiro atoms. The van der Waals surface area contributed by atoms with Crippen molar-refractivity contribution in [2.24, 2.45) is 0 Å². The van der Waals surface area contributed by atoms with Gasteiger partial charge in [0.1, 0.15) is 5.38 Å². The third-order valence-electron chi connectivity index (χ3n) is 3.17. The lowest BCUT2D eigenvalue weighted by atomic mass is 10.1. The number of nitrogens with zero attached hydrogens (tertiary/aromatic N) is 1. The van der Waals surface area contributed by atoms with Gasteiger partial charge in [0.15, 0.2) is 0 Å². The van der Waals surface area contributed by atoms with Crippen LogP contribution >= 0.6 is 11.6 Å². The highest BCUT2D eigenvalue weighted by Crippen LogP contribution is 2.29. The third-order valence-corrected chi connectivity index (χ3v) is 3.36. The van der Waals surface area contributed by atoms with Crippen molar-refractivity contribution in [1.82, 2.24) is 10.2 Å². The number of rotatable bonds is 1. The van der Waals surface area contributed by atoms with E-state index in [2.05, 4.69) is 5.32 Å². The monoisotopic (exact) mass is 230 g/mol. The van der Waals surface area contributed by atoms with Crippen LogP contribution < -0.4 is 5.32 Å². The highest BCUT2D eigenvalue weighted by molar-refractivity contribution is 6.30. The Morgan fingerprint density at radius 3 is 2.87 bits per heavy atom. The van der Waals surface area contributed by atoms with Crippen LogP contribution in [0.3, 0.4) is 0 Å². The number of amides is 2. The van der Waals surface area contributed by atoms with Gasteiger partial charge in [0.2, 0.25) is 11.8 Å². The van der Waals surface area contributed by atoms with E-state index < -0.39 is 5.38 Å². The summed E-state index contributed by atoms with van der Waals surface area (Å²) in [7, 11) is 0. The summed E-state index contributed by atoms with van der Waals surface area (Å²) in [6.45, 7) is 2.26. The van der Waals surface area contributed by atoms with E-state index in [1.54, 1.807) is 6.92 Å². The molecule has 4 nitrogen and oxygen atoms in total. The Hall–Kier alpha value is -0.770. The van der Waals surface area contributed by atoms with Gasteiger partial charge in [-0.05, 0) is 19.8 Å². The fourth-order valence-corrected chi connectivity index (χ4v) is 2.56. The molecule has 0 aliphatic carbocycles. The van der Waals surface area contributed by atoms with Gasteiger partial charge in [-0.15, -0.1) is 11.6 Å². The number of nitrogens with one attached hydrogen (secondary N) is 1. The SMILES string of the molecule is CC(Cl)C(=O)N1C2CCC1CC(=O)NC2. The molecule has 15 heavy (non-hydrogen) atoms. The van der Waals surface area contributed by atoms with Crippen molar-refractivity contribution in [2.45, 2.75) is 43.6 Å². The highest BCUT2D eigenvalue weighted by Gasteiger charge is 2.40. The quantitative estimate of drug-likeness (QED) is 0.667. The lowest BCUT2D eigenvalue weighted by molar-refractivity contribution is -0.133. The zero-order valence-corrected chi connectivity index (χ0v) is 9.46. The molecule has 5 heteroatoms. The number of fused-ring (bicyclic) bond motifs is 2. The molecule has 2 bridgehead atoms. The second kappa shape index (κ2) is 4.00. The summed E-state index contributed by atoms with van der Waals surface area (Å²) in [6.07, 6.45) is 2.32. The van der Waals surface area contributed by atoms with E-state index in [0.717, 1.165) is 12.8 Å². The van der Waals surface area contributed by atoms with E-state index >= 15 is 0 Å². The molecule has 2 fully saturated rings. The molecule has 1 N–H and O–H groups in total. The smallest absolute Gasteiger partial charge is 0.240 e. The maximum atomic E-state index is 11.9. The zero-order valence-electron chi connectivity index (χ0n) is 8.70. The second-order valence-corrected chi connectivity index (χ2v) is 4.91. The van der Waals surface area contributed by atoms with E-state index in [-0.39, 0.29) is 23.9 Å². The molecule has 0 aromatic heterocycles. The Bertz CT molecular complexity index is 293. The van der Waals surface area contributed by atoms with Crippen molar-refractivity contribution >= 4 is 23.4 Å². The maximum Gasteiger partial charge on any atom is 0.240 e. The van der Waals surface area contributed by atoms with Crippen LogP contribution in [0.15, 0.2) is 0 Å². The Morgan fingerprint density at radius 2 is 2.20 bits per heavy atom. The minimum absolute atomic E-state index is 0.0410. The summed E-state index contributed by atoms with van der Waals surface area (Å²) in [4.78, 5) is 25.0. The van der Waals surface area contributed by atoms with Crippen molar-refractivity contribution < 1.29 is 9.59 Å². The van der Waals surface area contributed by atoms with Crippen LogP contribution in [0.4, 0.5) is 0 Å². The average molecular weight is 231 g/mol. The van der Waals surface area contributed by atoms with Crippen molar-refractivity contribution in [3.8, 4) is 0 Å². The zero-order chi connectivity index (χ0) is 11.0. The molecule has 2 amide bonds. The first-order chi connectivity index (χ1) is 7.09. The van der Waals surface area contributed by atoms with E-state index in [4.69, 9.17) is 11.6 Å². The molecular weight excluding hydrogens is 216 g/mol. The van der Waals surface area contributed by atoms with Gasteiger partial charge >= 0.3 is 0 Å². The van der Waals surface area contributed by atoms with Crippen LogP contribution in [0.5, 0.6) is 0 Å². The Kier molecular flexibility index (Phi) is 2.87. The Labute approximate surface area is 93.9 Å².